The molecule has 0 bridgehead atoms. The number of hydrogen-bond donors (Lipinski definition) is 3. The van der Waals surface area contributed by atoms with Crippen LogP contribution in [0.1, 0.15) is 17.3 Å². The molecule has 0 spiro atoms. The van der Waals surface area contributed by atoms with Crippen molar-refractivity contribution in [2.45, 2.75) is 6.92 Å². The molecule has 0 aliphatic carbocycles. The molecule has 0 atom stereocenters. The van der Waals surface area contributed by atoms with Gasteiger partial charge in [-0.3, -0.25) is 0 Å². The first-order valence-electron chi connectivity index (χ1n) is 7.05. The second-order valence-electron chi connectivity index (χ2n) is 4.45. The number of aliphatic hydroxyl groups is 1. The van der Waals surface area contributed by atoms with E-state index >= 15 is 0 Å². The third-order valence-electron chi connectivity index (χ3n) is 2.84. The molecule has 23 heavy (non-hydrogen) atoms. The van der Waals surface area contributed by atoms with Crippen molar-refractivity contribution in [3.63, 3.8) is 0 Å². The summed E-state index contributed by atoms with van der Waals surface area (Å²) < 4.78 is 5.06. The van der Waals surface area contributed by atoms with Crippen LogP contribution in [0.3, 0.4) is 0 Å². The molecule has 7 nitrogen and oxygen atoms in total. The number of nitrogens with zero attached hydrogens (tertiary/aromatic N) is 2. The fourth-order valence-corrected chi connectivity index (χ4v) is 1.98. The molecule has 0 saturated heterocycles. The number of nitrogens with one attached hydrogen (secondary N) is 2. The maximum atomic E-state index is 12.2. The van der Waals surface area contributed by atoms with Crippen LogP contribution in [0.4, 0.5) is 17.3 Å². The van der Waals surface area contributed by atoms with E-state index in [1.54, 1.807) is 31.2 Å². The number of aromatic nitrogens is 2. The average molecular weight is 337 g/mol. The van der Waals surface area contributed by atoms with E-state index < -0.39 is 5.97 Å². The monoisotopic (exact) mass is 336 g/mol. The molecule has 0 fully saturated rings. The van der Waals surface area contributed by atoms with Gasteiger partial charge < -0.3 is 20.5 Å². The number of esters is 1. The molecule has 122 valence electrons. The highest BCUT2D eigenvalue weighted by molar-refractivity contribution is 6.30. The van der Waals surface area contributed by atoms with Crippen LogP contribution in [-0.2, 0) is 4.74 Å². The van der Waals surface area contributed by atoms with Gasteiger partial charge in [-0.2, -0.15) is 0 Å². The highest BCUT2D eigenvalue weighted by Crippen LogP contribution is 2.25. The lowest BCUT2D eigenvalue weighted by Crippen LogP contribution is -2.16. The molecule has 0 aliphatic heterocycles. The summed E-state index contributed by atoms with van der Waals surface area (Å²) in [5.41, 5.74) is 0.893. The summed E-state index contributed by atoms with van der Waals surface area (Å²) in [4.78, 5) is 20.4. The smallest absolute Gasteiger partial charge is 0.345 e. The highest BCUT2D eigenvalue weighted by Gasteiger charge is 2.20. The number of hydrogen-bond acceptors (Lipinski definition) is 7. The third kappa shape index (κ3) is 4.54. The Morgan fingerprint density at radius 1 is 1.26 bits per heavy atom. The van der Waals surface area contributed by atoms with Crippen LogP contribution in [0.2, 0.25) is 5.02 Å². The van der Waals surface area contributed by atoms with Gasteiger partial charge in [0, 0.05) is 17.3 Å². The Labute approximate surface area is 138 Å². The first kappa shape index (κ1) is 17.0. The fourth-order valence-electron chi connectivity index (χ4n) is 1.86. The fraction of sp³-hybridized carbons (Fsp3) is 0.267. The number of anilines is 3. The summed E-state index contributed by atoms with van der Waals surface area (Å²) in [6.07, 6.45) is 1.32. The van der Waals surface area contributed by atoms with Crippen LogP contribution in [0.25, 0.3) is 0 Å². The number of carbonyl (C=O) groups excluding carboxylic acids is 1. The first-order chi connectivity index (χ1) is 11.2. The molecule has 2 aromatic rings. The van der Waals surface area contributed by atoms with Gasteiger partial charge in [0.2, 0.25) is 0 Å². The predicted octanol–water partition coefficient (Wildman–Crippen LogP) is 2.45. The highest BCUT2D eigenvalue weighted by atomic mass is 35.5. The van der Waals surface area contributed by atoms with Crippen molar-refractivity contribution in [2.75, 3.05) is 30.4 Å². The minimum Gasteiger partial charge on any atom is -0.462 e. The molecule has 0 amide bonds. The molecule has 3 N–H and O–H groups in total. The van der Waals surface area contributed by atoms with Crippen molar-refractivity contribution in [1.82, 2.24) is 9.97 Å². The normalized spacial score (nSPS) is 10.2. The lowest BCUT2D eigenvalue weighted by molar-refractivity contribution is 0.0528. The molecule has 2 rings (SSSR count). The summed E-state index contributed by atoms with van der Waals surface area (Å²) >= 11 is 5.86. The van der Waals surface area contributed by atoms with Crippen molar-refractivity contribution in [1.29, 1.82) is 0 Å². The molecule has 8 heteroatoms. The van der Waals surface area contributed by atoms with Crippen LogP contribution < -0.4 is 10.6 Å². The van der Waals surface area contributed by atoms with Crippen molar-refractivity contribution >= 4 is 34.9 Å². The second kappa shape index (κ2) is 8.30. The van der Waals surface area contributed by atoms with Gasteiger partial charge in [0.05, 0.1) is 13.2 Å². The van der Waals surface area contributed by atoms with Gasteiger partial charge in [-0.05, 0) is 31.2 Å². The maximum absolute atomic E-state index is 12.2. The second-order valence-corrected chi connectivity index (χ2v) is 4.89. The molecule has 0 radical (unpaired) electrons. The van der Waals surface area contributed by atoms with Crippen LogP contribution in [0, 0.1) is 0 Å². The molecule has 0 saturated carbocycles. The Balaban J connectivity index is 2.36. The van der Waals surface area contributed by atoms with Gasteiger partial charge >= 0.3 is 5.97 Å². The topological polar surface area (TPSA) is 96.4 Å². The van der Waals surface area contributed by atoms with Crippen LogP contribution >= 0.6 is 11.6 Å². The molecule has 1 aromatic heterocycles. The van der Waals surface area contributed by atoms with Gasteiger partial charge in [-0.15, -0.1) is 0 Å². The Bertz CT molecular complexity index is 664. The van der Waals surface area contributed by atoms with Gasteiger partial charge in [0.25, 0.3) is 0 Å². The molecule has 1 aromatic carbocycles. The number of ether oxygens (including phenoxy) is 1. The summed E-state index contributed by atoms with van der Waals surface area (Å²) in [5, 5.41) is 15.5. The lowest BCUT2D eigenvalue weighted by atomic mass is 10.2. The van der Waals surface area contributed by atoms with E-state index in [9.17, 15) is 4.79 Å². The van der Waals surface area contributed by atoms with Gasteiger partial charge in [0.15, 0.2) is 5.82 Å². The summed E-state index contributed by atoms with van der Waals surface area (Å²) in [6.45, 7) is 2.11. The Hall–Kier alpha value is -2.38. The number of halogens is 1. The first-order valence-corrected chi connectivity index (χ1v) is 7.43. The van der Waals surface area contributed by atoms with Gasteiger partial charge in [-0.25, -0.2) is 14.8 Å². The predicted molar refractivity (Wildman–Crippen MR) is 88.3 cm³/mol. The van der Waals surface area contributed by atoms with E-state index in [1.165, 1.54) is 6.33 Å². The SMILES string of the molecule is CCOC(=O)c1c(NCCO)ncnc1Nc1ccc(Cl)cc1. The van der Waals surface area contributed by atoms with Crippen molar-refractivity contribution in [3.8, 4) is 0 Å². The standard InChI is InChI=1S/C15H17ClN4O3/c1-2-23-15(22)12-13(17-7-8-21)18-9-19-14(12)20-11-5-3-10(16)4-6-11/h3-6,9,21H,2,7-8H2,1H3,(H2,17,18,19,20). The van der Waals surface area contributed by atoms with E-state index in [-0.39, 0.29) is 25.3 Å². The van der Waals surface area contributed by atoms with Gasteiger partial charge in [0.1, 0.15) is 17.7 Å². The van der Waals surface area contributed by atoms with E-state index in [4.69, 9.17) is 21.4 Å². The quantitative estimate of drug-likeness (QED) is 0.668. The maximum Gasteiger partial charge on any atom is 0.345 e. The minimum absolute atomic E-state index is 0.0911. The van der Waals surface area contributed by atoms with Gasteiger partial charge in [-0.1, -0.05) is 11.6 Å². The molecule has 0 aliphatic rings. The van der Waals surface area contributed by atoms with Crippen molar-refractivity contribution in [2.24, 2.45) is 0 Å². The van der Waals surface area contributed by atoms with Crippen LogP contribution in [-0.4, -0.2) is 40.8 Å². The van der Waals surface area contributed by atoms with E-state index in [0.717, 1.165) is 0 Å². The van der Waals surface area contributed by atoms with E-state index in [1.807, 2.05) is 0 Å². The third-order valence-corrected chi connectivity index (χ3v) is 3.09. The zero-order chi connectivity index (χ0) is 16.7. The summed E-state index contributed by atoms with van der Waals surface area (Å²) in [5.74, 6) is 0.0511. The number of rotatable bonds is 7. The zero-order valence-corrected chi connectivity index (χ0v) is 13.3. The van der Waals surface area contributed by atoms with E-state index in [0.29, 0.717) is 22.3 Å². The van der Waals surface area contributed by atoms with Crippen LogP contribution in [0.5, 0.6) is 0 Å². The zero-order valence-electron chi connectivity index (χ0n) is 12.5. The molecule has 0 unspecified atom stereocenters. The number of carbonyl (C=O) groups is 1. The van der Waals surface area contributed by atoms with Crippen molar-refractivity contribution in [3.05, 3.63) is 41.2 Å². The Morgan fingerprint density at radius 2 is 1.96 bits per heavy atom. The lowest BCUT2D eigenvalue weighted by Gasteiger charge is -2.14. The molecular formula is C15H17ClN4O3. The number of aliphatic hydroxyl groups excluding tert-OH is 1. The molecule has 1 heterocycles. The number of benzene rings is 1. The van der Waals surface area contributed by atoms with Crippen LogP contribution in [0.15, 0.2) is 30.6 Å². The summed E-state index contributed by atoms with van der Waals surface area (Å²) in [7, 11) is 0. The largest absolute Gasteiger partial charge is 0.462 e. The minimum atomic E-state index is -0.551. The Kier molecular flexibility index (Phi) is 6.13. The Morgan fingerprint density at radius 3 is 2.61 bits per heavy atom. The summed E-state index contributed by atoms with van der Waals surface area (Å²) in [6, 6.07) is 6.97. The molecular weight excluding hydrogens is 320 g/mol. The van der Waals surface area contributed by atoms with Crippen molar-refractivity contribution < 1.29 is 14.6 Å². The average Bonchev–Trinajstić information content (AvgIpc) is 2.55. The van der Waals surface area contributed by atoms with E-state index in [2.05, 4.69) is 20.6 Å².